The van der Waals surface area contributed by atoms with Crippen LogP contribution in [0.5, 0.6) is 5.75 Å². The molecule has 12 nitrogen and oxygen atoms in total. The molecule has 0 fully saturated rings. The molecule has 1 atom stereocenters. The Balaban J connectivity index is 1.57. The maximum Gasteiger partial charge on any atom is 0.573 e. The number of nitrogens with two attached hydrogens (primary N) is 1. The summed E-state index contributed by atoms with van der Waals surface area (Å²) >= 11 is 0. The van der Waals surface area contributed by atoms with Crippen molar-refractivity contribution in [2.75, 3.05) is 10.7 Å². The largest absolute Gasteiger partial charge is 0.573 e. The van der Waals surface area contributed by atoms with E-state index < -0.39 is 50.4 Å². The van der Waals surface area contributed by atoms with Gasteiger partial charge in [-0.1, -0.05) is 17.3 Å². The van der Waals surface area contributed by atoms with Crippen molar-refractivity contribution in [1.29, 1.82) is 0 Å². The van der Waals surface area contributed by atoms with Crippen molar-refractivity contribution in [3.8, 4) is 28.9 Å². The summed E-state index contributed by atoms with van der Waals surface area (Å²) in [6.45, 7) is 1.21. The number of amides is 1. The second kappa shape index (κ2) is 9.42. The highest BCUT2D eigenvalue weighted by molar-refractivity contribution is 7.91. The van der Waals surface area contributed by atoms with Crippen molar-refractivity contribution < 1.29 is 44.5 Å². The van der Waals surface area contributed by atoms with E-state index in [1.807, 2.05) is 0 Å². The molecule has 1 amide bonds. The Morgan fingerprint density at radius 2 is 1.87 bits per heavy atom. The summed E-state index contributed by atoms with van der Waals surface area (Å²) in [4.78, 5) is 17.7. The van der Waals surface area contributed by atoms with E-state index in [4.69, 9.17) is 14.7 Å². The highest BCUT2D eigenvalue weighted by atomic mass is 32.2. The number of hydrogen-bond donors (Lipinski definition) is 1. The van der Waals surface area contributed by atoms with Crippen LogP contribution in [-0.4, -0.2) is 52.8 Å². The zero-order valence-corrected chi connectivity index (χ0v) is 20.5. The number of aryl methyl sites for hydroxylation is 1. The fraction of sp³-hybridized carbons (Fsp3) is 0.227. The van der Waals surface area contributed by atoms with Gasteiger partial charge in [-0.2, -0.15) is 4.98 Å². The number of anilines is 1. The number of aromatic nitrogens is 4. The Labute approximate surface area is 216 Å². The van der Waals surface area contributed by atoms with Crippen molar-refractivity contribution in [2.24, 2.45) is 5.73 Å². The molecule has 0 spiro atoms. The van der Waals surface area contributed by atoms with Gasteiger partial charge in [0.1, 0.15) is 11.6 Å². The molecule has 2 N–H and O–H groups in total. The van der Waals surface area contributed by atoms with Crippen molar-refractivity contribution in [1.82, 2.24) is 20.3 Å². The Hall–Kier alpha value is -4.38. The number of sulfone groups is 1. The smallest absolute Gasteiger partial charge is 0.417 e. The van der Waals surface area contributed by atoms with Crippen LogP contribution in [0.1, 0.15) is 11.5 Å². The number of carbonyl (C=O) groups is 1. The van der Waals surface area contributed by atoms with Crippen LogP contribution in [0.25, 0.3) is 23.2 Å². The van der Waals surface area contributed by atoms with Crippen molar-refractivity contribution in [3.63, 3.8) is 0 Å². The second-order valence-electron chi connectivity index (χ2n) is 8.35. The minimum atomic E-state index is -4.90. The predicted molar refractivity (Wildman–Crippen MR) is 122 cm³/mol. The van der Waals surface area contributed by atoms with E-state index in [1.165, 1.54) is 19.1 Å². The topological polar surface area (TPSA) is 168 Å². The number of ether oxygens (including phenoxy) is 1. The predicted octanol–water partition coefficient (Wildman–Crippen LogP) is 2.78. The first-order chi connectivity index (χ1) is 18.3. The summed E-state index contributed by atoms with van der Waals surface area (Å²) in [5, 5.41) is 11.0. The molecule has 0 radical (unpaired) electrons. The van der Waals surface area contributed by atoms with Gasteiger partial charge in [-0.3, -0.25) is 4.79 Å². The van der Waals surface area contributed by atoms with E-state index in [-0.39, 0.29) is 41.3 Å². The lowest BCUT2D eigenvalue weighted by atomic mass is 10.1. The van der Waals surface area contributed by atoms with Crippen LogP contribution in [0, 0.1) is 12.7 Å². The van der Waals surface area contributed by atoms with Crippen LogP contribution in [-0.2, 0) is 21.2 Å². The van der Waals surface area contributed by atoms with Crippen LogP contribution in [0.3, 0.4) is 0 Å². The van der Waals surface area contributed by atoms with E-state index in [9.17, 15) is 26.4 Å². The molecule has 1 aliphatic heterocycles. The third-order valence-electron chi connectivity index (χ3n) is 5.53. The second-order valence-corrected chi connectivity index (χ2v) is 10.4. The molecule has 0 bridgehead atoms. The molecule has 3 heterocycles. The first kappa shape index (κ1) is 26.2. The van der Waals surface area contributed by atoms with Crippen LogP contribution in [0.15, 0.2) is 50.2 Å². The van der Waals surface area contributed by atoms with Crippen LogP contribution >= 0.6 is 0 Å². The molecule has 0 unspecified atom stereocenters. The highest BCUT2D eigenvalue weighted by Crippen LogP contribution is 2.37. The summed E-state index contributed by atoms with van der Waals surface area (Å²) < 4.78 is 92.8. The summed E-state index contributed by atoms with van der Waals surface area (Å²) in [5.41, 5.74) is 5.60. The molecular weight excluding hydrogens is 552 g/mol. The maximum atomic E-state index is 15.2. The Morgan fingerprint density at radius 1 is 1.15 bits per heavy atom. The molecule has 4 aromatic rings. The fourth-order valence-electron chi connectivity index (χ4n) is 3.84. The number of nitrogens with zero attached hydrogens (tertiary/aromatic N) is 5. The summed E-state index contributed by atoms with van der Waals surface area (Å²) in [5.74, 6) is -3.63. The molecule has 5 rings (SSSR count). The summed E-state index contributed by atoms with van der Waals surface area (Å²) in [6, 6.07) is 4.82. The van der Waals surface area contributed by atoms with Crippen molar-refractivity contribution in [3.05, 3.63) is 53.7 Å². The Morgan fingerprint density at radius 3 is 2.51 bits per heavy atom. The number of fused-ring (bicyclic) bond motifs is 1. The van der Waals surface area contributed by atoms with E-state index in [2.05, 4.69) is 25.1 Å². The lowest BCUT2D eigenvalue weighted by Crippen LogP contribution is -2.45. The van der Waals surface area contributed by atoms with E-state index in [0.717, 1.165) is 23.1 Å². The molecule has 0 aliphatic carbocycles. The Bertz CT molecular complexity index is 1670. The van der Waals surface area contributed by atoms with Crippen LogP contribution in [0.2, 0.25) is 0 Å². The van der Waals surface area contributed by atoms with Gasteiger partial charge in [-0.25, -0.2) is 12.8 Å². The lowest BCUT2D eigenvalue weighted by Gasteiger charge is -2.24. The number of benzene rings is 2. The first-order valence-corrected chi connectivity index (χ1v) is 12.6. The number of halogens is 4. The van der Waals surface area contributed by atoms with Gasteiger partial charge < -0.3 is 24.3 Å². The van der Waals surface area contributed by atoms with Gasteiger partial charge in [-0.05, 0) is 29.8 Å². The van der Waals surface area contributed by atoms with Crippen molar-refractivity contribution >= 4 is 21.4 Å². The lowest BCUT2D eigenvalue weighted by molar-refractivity contribution is -0.274. The van der Waals surface area contributed by atoms with Gasteiger partial charge in [0, 0.05) is 6.92 Å². The van der Waals surface area contributed by atoms with Gasteiger partial charge in [0.2, 0.25) is 17.6 Å². The maximum absolute atomic E-state index is 15.2. The summed E-state index contributed by atoms with van der Waals surface area (Å²) in [6.07, 6.45) is -4.90. The monoisotopic (exact) mass is 568 g/mol. The van der Waals surface area contributed by atoms with E-state index in [1.54, 1.807) is 0 Å². The van der Waals surface area contributed by atoms with Crippen LogP contribution in [0.4, 0.5) is 23.2 Å². The average molecular weight is 568 g/mol. The fourth-order valence-corrected chi connectivity index (χ4v) is 5.40. The quantitative estimate of drug-likeness (QED) is 0.352. The van der Waals surface area contributed by atoms with Gasteiger partial charge in [-0.15, -0.1) is 23.4 Å². The molecule has 2 aromatic heterocycles. The molecule has 204 valence electrons. The third kappa shape index (κ3) is 5.30. The minimum Gasteiger partial charge on any atom is -0.417 e. The zero-order valence-electron chi connectivity index (χ0n) is 19.6. The van der Waals surface area contributed by atoms with E-state index >= 15 is 4.39 Å². The van der Waals surface area contributed by atoms with Crippen molar-refractivity contribution in [2.45, 2.75) is 30.8 Å². The molecule has 2 aromatic carbocycles. The molecular formula is C22H16F4N6O6S. The van der Waals surface area contributed by atoms with Gasteiger partial charge in [0.25, 0.3) is 0 Å². The van der Waals surface area contributed by atoms with Gasteiger partial charge in [0.15, 0.2) is 9.84 Å². The summed E-state index contributed by atoms with van der Waals surface area (Å²) in [7, 11) is -4.24. The zero-order chi connectivity index (χ0) is 28.1. The number of alkyl halides is 3. The molecule has 0 saturated heterocycles. The molecule has 17 heteroatoms. The standard InChI is InChI=1S/C22H16F4N6O6S/c1-10-29-30-20(36-10)19-28-18(31-38-19)13-6-16-17(7-14(13)23)39(34,35)9-15(27)21(33)32(16)8-11-2-4-12(5-3-11)37-22(24,25)26/h2-7,15H,8-9,27H2,1H3/t15-/m0/s1. The third-order valence-corrected chi connectivity index (χ3v) is 7.33. The van der Waals surface area contributed by atoms with Crippen LogP contribution < -0.4 is 15.4 Å². The molecule has 39 heavy (non-hydrogen) atoms. The Kier molecular flexibility index (Phi) is 6.34. The number of carbonyl (C=O) groups excluding carboxylic acids is 1. The minimum absolute atomic E-state index is 0.135. The number of rotatable bonds is 5. The SMILES string of the molecule is Cc1nnc(-c2nc(-c3cc4c(cc3F)S(=O)(=O)C[C@H](N)C(=O)N4Cc3ccc(OC(F)(F)F)cc3)no2)o1. The first-order valence-electron chi connectivity index (χ1n) is 10.9. The molecule has 0 saturated carbocycles. The normalized spacial score (nSPS) is 17.1. The van der Waals surface area contributed by atoms with Gasteiger partial charge >= 0.3 is 18.1 Å². The van der Waals surface area contributed by atoms with Gasteiger partial charge in [0.05, 0.1) is 34.5 Å². The highest BCUT2D eigenvalue weighted by Gasteiger charge is 2.38. The average Bonchev–Trinajstić information content (AvgIpc) is 3.50. The van der Waals surface area contributed by atoms with E-state index in [0.29, 0.717) is 11.6 Å². The number of hydrogen-bond acceptors (Lipinski definition) is 11. The molecule has 1 aliphatic rings.